The van der Waals surface area contributed by atoms with Crippen molar-refractivity contribution in [3.63, 3.8) is 0 Å². The molecule has 3 aromatic carbocycles. The lowest BCUT2D eigenvalue weighted by molar-refractivity contribution is 0.224. The highest BCUT2D eigenvalue weighted by Gasteiger charge is 2.13. The van der Waals surface area contributed by atoms with Gasteiger partial charge in [0, 0.05) is 19.1 Å². The normalized spacial score (nSPS) is 12.6. The zero-order chi connectivity index (χ0) is 18.4. The van der Waals surface area contributed by atoms with Gasteiger partial charge in [0.1, 0.15) is 5.82 Å². The number of aliphatic hydroxyl groups is 1. The van der Waals surface area contributed by atoms with E-state index in [4.69, 9.17) is 0 Å². The van der Waals surface area contributed by atoms with Crippen LogP contribution in [0, 0.1) is 5.82 Å². The van der Waals surface area contributed by atoms with E-state index < -0.39 is 0 Å². The van der Waals surface area contributed by atoms with Crippen LogP contribution in [-0.4, -0.2) is 29.7 Å². The molecule has 0 fully saturated rings. The maximum absolute atomic E-state index is 13.3. The van der Waals surface area contributed by atoms with Crippen LogP contribution < -0.4 is 0 Å². The lowest BCUT2D eigenvalue weighted by atomic mass is 9.94. The van der Waals surface area contributed by atoms with E-state index in [0.717, 1.165) is 42.4 Å². The van der Waals surface area contributed by atoms with Gasteiger partial charge in [-0.1, -0.05) is 61.5 Å². The topological polar surface area (TPSA) is 23.5 Å². The van der Waals surface area contributed by atoms with E-state index in [9.17, 15) is 9.50 Å². The molecule has 1 unspecified atom stereocenters. The van der Waals surface area contributed by atoms with Crippen LogP contribution in [0.25, 0.3) is 10.8 Å². The van der Waals surface area contributed by atoms with Gasteiger partial charge in [0.2, 0.25) is 0 Å². The summed E-state index contributed by atoms with van der Waals surface area (Å²) in [6, 6.07) is 21.3. The largest absolute Gasteiger partial charge is 0.396 e. The van der Waals surface area contributed by atoms with Gasteiger partial charge in [-0.2, -0.15) is 0 Å². The maximum atomic E-state index is 13.3. The number of halogens is 1. The fourth-order valence-corrected chi connectivity index (χ4v) is 3.38. The van der Waals surface area contributed by atoms with Crippen LogP contribution in [-0.2, 0) is 6.54 Å². The van der Waals surface area contributed by atoms with Crippen molar-refractivity contribution >= 4 is 10.8 Å². The zero-order valence-electron chi connectivity index (χ0n) is 15.2. The van der Waals surface area contributed by atoms with Crippen LogP contribution in [0.1, 0.15) is 30.4 Å². The fraction of sp³-hybridized carbons (Fsp3) is 0.304. The Hall–Kier alpha value is -2.23. The molecule has 1 N–H and O–H groups in total. The number of hydrogen-bond acceptors (Lipinski definition) is 2. The molecule has 0 amide bonds. The van der Waals surface area contributed by atoms with E-state index in [1.807, 2.05) is 18.2 Å². The second-order valence-electron chi connectivity index (χ2n) is 6.77. The summed E-state index contributed by atoms with van der Waals surface area (Å²) in [4.78, 5) is 2.40. The zero-order valence-corrected chi connectivity index (χ0v) is 15.2. The van der Waals surface area contributed by atoms with Crippen LogP contribution in [0.2, 0.25) is 0 Å². The third-order valence-electron chi connectivity index (χ3n) is 5.01. The standard InChI is InChI=1S/C23H26FNO/c1-2-25(16-18-6-4-3-5-7-18)13-12-22(17-26)20-8-9-21-15-23(24)11-10-19(21)14-20/h3-11,14-15,22,26H,2,12-13,16-17H2,1H3. The van der Waals surface area contributed by atoms with Gasteiger partial charge in [-0.25, -0.2) is 4.39 Å². The molecule has 1 atom stereocenters. The molecule has 3 heteroatoms. The second-order valence-corrected chi connectivity index (χ2v) is 6.77. The molecule has 0 aliphatic carbocycles. The Morgan fingerprint density at radius 2 is 1.69 bits per heavy atom. The van der Waals surface area contributed by atoms with Crippen molar-refractivity contribution < 1.29 is 9.50 Å². The Kier molecular flexibility index (Phi) is 6.37. The second kappa shape index (κ2) is 8.93. The SMILES string of the molecule is CCN(CCC(CO)c1ccc2cc(F)ccc2c1)Cc1ccccc1. The highest BCUT2D eigenvalue weighted by Crippen LogP contribution is 2.25. The smallest absolute Gasteiger partial charge is 0.123 e. The van der Waals surface area contributed by atoms with Gasteiger partial charge in [0.25, 0.3) is 0 Å². The van der Waals surface area contributed by atoms with Gasteiger partial charge >= 0.3 is 0 Å². The lowest BCUT2D eigenvalue weighted by Gasteiger charge is -2.23. The quantitative estimate of drug-likeness (QED) is 0.619. The van der Waals surface area contributed by atoms with E-state index in [0.29, 0.717) is 0 Å². The predicted octanol–water partition coefficient (Wildman–Crippen LogP) is 4.97. The van der Waals surface area contributed by atoms with Crippen molar-refractivity contribution in [2.24, 2.45) is 0 Å². The molecule has 0 bridgehead atoms. The minimum Gasteiger partial charge on any atom is -0.396 e. The molecule has 0 spiro atoms. The maximum Gasteiger partial charge on any atom is 0.123 e. The van der Waals surface area contributed by atoms with Crippen molar-refractivity contribution in [2.45, 2.75) is 25.8 Å². The molecule has 0 radical (unpaired) electrons. The van der Waals surface area contributed by atoms with Crippen molar-refractivity contribution in [1.29, 1.82) is 0 Å². The van der Waals surface area contributed by atoms with Crippen LogP contribution in [0.15, 0.2) is 66.7 Å². The summed E-state index contributed by atoms with van der Waals surface area (Å²) in [6.07, 6.45) is 0.893. The monoisotopic (exact) mass is 351 g/mol. The molecule has 2 nitrogen and oxygen atoms in total. The van der Waals surface area contributed by atoms with Crippen LogP contribution >= 0.6 is 0 Å². The Morgan fingerprint density at radius 1 is 0.962 bits per heavy atom. The highest BCUT2D eigenvalue weighted by molar-refractivity contribution is 5.83. The van der Waals surface area contributed by atoms with Crippen LogP contribution in [0.5, 0.6) is 0 Å². The summed E-state index contributed by atoms with van der Waals surface area (Å²) in [7, 11) is 0. The third-order valence-corrected chi connectivity index (χ3v) is 5.01. The van der Waals surface area contributed by atoms with Gasteiger partial charge in [0.05, 0.1) is 0 Å². The summed E-state index contributed by atoms with van der Waals surface area (Å²) in [5, 5.41) is 11.8. The van der Waals surface area contributed by atoms with Crippen molar-refractivity contribution in [2.75, 3.05) is 19.7 Å². The summed E-state index contributed by atoms with van der Waals surface area (Å²) < 4.78 is 13.3. The first kappa shape index (κ1) is 18.6. The van der Waals surface area contributed by atoms with Crippen LogP contribution in [0.3, 0.4) is 0 Å². The number of rotatable bonds is 8. The number of benzene rings is 3. The molecular formula is C23H26FNO. The molecule has 3 rings (SSSR count). The summed E-state index contributed by atoms with van der Waals surface area (Å²) in [5.41, 5.74) is 2.42. The van der Waals surface area contributed by atoms with Gasteiger partial charge in [-0.15, -0.1) is 0 Å². The van der Waals surface area contributed by atoms with E-state index in [-0.39, 0.29) is 18.3 Å². The average Bonchev–Trinajstić information content (AvgIpc) is 2.68. The molecule has 3 aromatic rings. The number of aliphatic hydroxyl groups excluding tert-OH is 1. The van der Waals surface area contributed by atoms with Gasteiger partial charge in [-0.3, -0.25) is 4.90 Å². The Balaban J connectivity index is 1.67. The summed E-state index contributed by atoms with van der Waals surface area (Å²) in [6.45, 7) is 5.12. The number of hydrogen-bond donors (Lipinski definition) is 1. The summed E-state index contributed by atoms with van der Waals surface area (Å²) in [5.74, 6) is -0.127. The van der Waals surface area contributed by atoms with Gasteiger partial charge < -0.3 is 5.11 Å². The Bertz CT molecular complexity index is 834. The van der Waals surface area contributed by atoms with Crippen molar-refractivity contribution in [3.8, 4) is 0 Å². The molecule has 0 saturated carbocycles. The third kappa shape index (κ3) is 4.69. The first-order valence-electron chi connectivity index (χ1n) is 9.26. The molecule has 0 heterocycles. The van der Waals surface area contributed by atoms with E-state index in [1.165, 1.54) is 11.6 Å². The molecule has 0 aliphatic heterocycles. The average molecular weight is 351 g/mol. The Labute approximate surface area is 154 Å². The van der Waals surface area contributed by atoms with E-state index in [1.54, 1.807) is 12.1 Å². The molecule has 136 valence electrons. The predicted molar refractivity (Wildman–Crippen MR) is 106 cm³/mol. The molecule has 0 aliphatic rings. The molecular weight excluding hydrogens is 325 g/mol. The van der Waals surface area contributed by atoms with Gasteiger partial charge in [-0.05, 0) is 53.5 Å². The first-order valence-corrected chi connectivity index (χ1v) is 9.26. The molecule has 26 heavy (non-hydrogen) atoms. The van der Waals surface area contributed by atoms with Gasteiger partial charge in [0.15, 0.2) is 0 Å². The minimum atomic E-state index is -0.219. The summed E-state index contributed by atoms with van der Waals surface area (Å²) >= 11 is 0. The molecule has 0 saturated heterocycles. The molecule has 0 aromatic heterocycles. The van der Waals surface area contributed by atoms with Crippen molar-refractivity contribution in [1.82, 2.24) is 4.90 Å². The Morgan fingerprint density at radius 3 is 2.42 bits per heavy atom. The van der Waals surface area contributed by atoms with Crippen molar-refractivity contribution in [3.05, 3.63) is 83.7 Å². The van der Waals surface area contributed by atoms with E-state index in [2.05, 4.69) is 42.2 Å². The first-order chi connectivity index (χ1) is 12.7. The minimum absolute atomic E-state index is 0.0919. The van der Waals surface area contributed by atoms with Crippen LogP contribution in [0.4, 0.5) is 4.39 Å². The number of fused-ring (bicyclic) bond motifs is 1. The highest BCUT2D eigenvalue weighted by atomic mass is 19.1. The fourth-order valence-electron chi connectivity index (χ4n) is 3.38. The van der Waals surface area contributed by atoms with E-state index >= 15 is 0 Å². The number of nitrogens with zero attached hydrogens (tertiary/aromatic N) is 1. The lowest BCUT2D eigenvalue weighted by Crippen LogP contribution is -2.26.